The quantitative estimate of drug-likeness (QED) is 0.674. The molecule has 1 amide bonds. The molecule has 0 spiro atoms. The summed E-state index contributed by atoms with van der Waals surface area (Å²) in [6, 6.07) is -0.119. The van der Waals surface area contributed by atoms with Crippen LogP contribution >= 0.6 is 0 Å². The Morgan fingerprint density at radius 3 is 2.13 bits per heavy atom. The molecule has 0 aromatic heterocycles. The zero-order valence-electron chi connectivity index (χ0n) is 9.65. The fourth-order valence-electron chi connectivity index (χ4n) is 0.883. The van der Waals surface area contributed by atoms with Crippen molar-refractivity contribution in [1.29, 1.82) is 0 Å². The fraction of sp³-hybridized carbons (Fsp3) is 0.889. The van der Waals surface area contributed by atoms with Crippen LogP contribution in [0.15, 0.2) is 0 Å². The van der Waals surface area contributed by atoms with Gasteiger partial charge in [-0.2, -0.15) is 0 Å². The molecule has 0 heterocycles. The Kier molecular flexibility index (Phi) is 5.23. The molecule has 0 radical (unpaired) electrons. The zero-order chi connectivity index (χ0) is 12.2. The summed E-state index contributed by atoms with van der Waals surface area (Å²) in [7, 11) is -3.32. The Morgan fingerprint density at radius 2 is 1.80 bits per heavy atom. The number of rotatable bonds is 5. The van der Waals surface area contributed by atoms with Crippen LogP contribution in [-0.2, 0) is 14.6 Å². The third kappa shape index (κ3) is 4.61. The smallest absolute Gasteiger partial charge is 0.238 e. The molecule has 0 aliphatic rings. The van der Waals surface area contributed by atoms with Gasteiger partial charge in [-0.15, -0.1) is 0 Å². The van der Waals surface area contributed by atoms with E-state index in [1.807, 2.05) is 13.8 Å². The predicted octanol–water partition coefficient (Wildman–Crippen LogP) is -0.481. The van der Waals surface area contributed by atoms with Crippen molar-refractivity contribution in [3.8, 4) is 0 Å². The lowest BCUT2D eigenvalue weighted by molar-refractivity contribution is -0.121. The van der Waals surface area contributed by atoms with E-state index in [1.54, 1.807) is 0 Å². The molecule has 0 rings (SSSR count). The number of sulfone groups is 1. The van der Waals surface area contributed by atoms with Gasteiger partial charge in [0.15, 0.2) is 9.84 Å². The first kappa shape index (κ1) is 14.4. The highest BCUT2D eigenvalue weighted by Crippen LogP contribution is 2.03. The summed E-state index contributed by atoms with van der Waals surface area (Å²) in [6.45, 7) is 5.54. The van der Waals surface area contributed by atoms with Gasteiger partial charge in [0, 0.05) is 12.3 Å². The molecule has 0 aromatic rings. The summed E-state index contributed by atoms with van der Waals surface area (Å²) >= 11 is 0. The van der Waals surface area contributed by atoms with E-state index < -0.39 is 21.0 Å². The largest absolute Gasteiger partial charge is 0.352 e. The lowest BCUT2D eigenvalue weighted by atomic mass is 10.0. The normalized spacial score (nSPS) is 17.9. The number of carbonyl (C=O) groups excluding carboxylic acids is 1. The van der Waals surface area contributed by atoms with Gasteiger partial charge < -0.3 is 11.1 Å². The lowest BCUT2D eigenvalue weighted by Gasteiger charge is -2.21. The minimum absolute atomic E-state index is 0.119. The maximum Gasteiger partial charge on any atom is 0.238 e. The predicted molar refractivity (Wildman–Crippen MR) is 60.1 cm³/mol. The van der Waals surface area contributed by atoms with E-state index in [4.69, 9.17) is 5.73 Å². The number of hydrogen-bond acceptors (Lipinski definition) is 4. The Hall–Kier alpha value is -0.620. The third-order valence-corrected chi connectivity index (χ3v) is 4.11. The Bertz CT molecular complexity index is 313. The van der Waals surface area contributed by atoms with Gasteiger partial charge in [0.25, 0.3) is 0 Å². The van der Waals surface area contributed by atoms with Crippen LogP contribution in [0.1, 0.15) is 20.8 Å². The first-order chi connectivity index (χ1) is 6.70. The molecule has 3 N–H and O–H groups in total. The average molecular weight is 236 g/mol. The van der Waals surface area contributed by atoms with Crippen molar-refractivity contribution >= 4 is 15.7 Å². The van der Waals surface area contributed by atoms with Crippen molar-refractivity contribution in [2.75, 3.05) is 12.8 Å². The zero-order valence-corrected chi connectivity index (χ0v) is 10.5. The first-order valence-electron chi connectivity index (χ1n) is 4.89. The minimum Gasteiger partial charge on any atom is -0.352 e. The highest BCUT2D eigenvalue weighted by molar-refractivity contribution is 7.92. The third-order valence-electron chi connectivity index (χ3n) is 2.61. The van der Waals surface area contributed by atoms with E-state index in [9.17, 15) is 13.2 Å². The second kappa shape index (κ2) is 5.46. The summed E-state index contributed by atoms with van der Waals surface area (Å²) in [5, 5.41) is 1.63. The van der Waals surface area contributed by atoms with E-state index in [1.165, 1.54) is 6.92 Å². The molecule has 0 fully saturated rings. The van der Waals surface area contributed by atoms with Crippen molar-refractivity contribution in [1.82, 2.24) is 5.32 Å². The summed E-state index contributed by atoms with van der Waals surface area (Å²) in [5.41, 5.74) is 5.44. The van der Waals surface area contributed by atoms with E-state index >= 15 is 0 Å². The molecule has 0 saturated heterocycles. The number of nitrogens with two attached hydrogens (primary N) is 1. The van der Waals surface area contributed by atoms with E-state index in [0.717, 1.165) is 6.26 Å². The van der Waals surface area contributed by atoms with Crippen LogP contribution in [0.5, 0.6) is 0 Å². The maximum atomic E-state index is 11.5. The van der Waals surface area contributed by atoms with Gasteiger partial charge in [-0.3, -0.25) is 4.79 Å². The van der Waals surface area contributed by atoms with Crippen LogP contribution in [-0.4, -0.2) is 38.4 Å². The van der Waals surface area contributed by atoms with Crippen LogP contribution in [0.2, 0.25) is 0 Å². The van der Waals surface area contributed by atoms with Crippen molar-refractivity contribution in [2.45, 2.75) is 32.1 Å². The molecule has 0 aliphatic heterocycles. The van der Waals surface area contributed by atoms with Crippen molar-refractivity contribution in [3.63, 3.8) is 0 Å². The maximum absolute atomic E-state index is 11.5. The van der Waals surface area contributed by atoms with E-state index in [2.05, 4.69) is 5.32 Å². The van der Waals surface area contributed by atoms with Gasteiger partial charge in [0.05, 0.1) is 0 Å². The number of hydrogen-bond donors (Lipinski definition) is 2. The van der Waals surface area contributed by atoms with Gasteiger partial charge in [-0.25, -0.2) is 8.42 Å². The molecule has 6 heteroatoms. The highest BCUT2D eigenvalue weighted by Gasteiger charge is 2.25. The fourth-order valence-corrected chi connectivity index (χ4v) is 1.34. The Morgan fingerprint density at radius 1 is 1.33 bits per heavy atom. The average Bonchev–Trinajstić information content (AvgIpc) is 2.13. The summed E-state index contributed by atoms with van der Waals surface area (Å²) < 4.78 is 22.2. The lowest BCUT2D eigenvalue weighted by Crippen LogP contribution is -2.45. The molecular formula is C9H20N2O3S. The molecule has 0 bridgehead atoms. The number of amides is 1. The SMILES string of the molecule is CC(CN)C(C)NC(=O)C(C)S(C)(=O)=O. The van der Waals surface area contributed by atoms with Gasteiger partial charge in [-0.05, 0) is 26.3 Å². The molecule has 15 heavy (non-hydrogen) atoms. The number of carbonyl (C=O) groups is 1. The topological polar surface area (TPSA) is 89.3 Å². The van der Waals surface area contributed by atoms with Gasteiger partial charge in [0.2, 0.25) is 5.91 Å². The molecule has 90 valence electrons. The van der Waals surface area contributed by atoms with E-state index in [0.29, 0.717) is 6.54 Å². The van der Waals surface area contributed by atoms with Crippen molar-refractivity contribution in [3.05, 3.63) is 0 Å². The van der Waals surface area contributed by atoms with Crippen LogP contribution in [0.25, 0.3) is 0 Å². The van der Waals surface area contributed by atoms with Crippen molar-refractivity contribution in [2.24, 2.45) is 11.7 Å². The molecule has 5 nitrogen and oxygen atoms in total. The standard InChI is InChI=1S/C9H20N2O3S/c1-6(5-10)7(2)11-9(12)8(3)15(4,13)14/h6-8H,5,10H2,1-4H3,(H,11,12). The van der Waals surface area contributed by atoms with Crippen LogP contribution in [0.4, 0.5) is 0 Å². The molecule has 3 atom stereocenters. The minimum atomic E-state index is -3.32. The second-order valence-corrected chi connectivity index (χ2v) is 6.35. The Labute approximate surface area is 91.3 Å². The van der Waals surface area contributed by atoms with Crippen LogP contribution in [0.3, 0.4) is 0 Å². The van der Waals surface area contributed by atoms with Crippen molar-refractivity contribution < 1.29 is 13.2 Å². The van der Waals surface area contributed by atoms with Crippen LogP contribution in [0, 0.1) is 5.92 Å². The highest BCUT2D eigenvalue weighted by atomic mass is 32.2. The van der Waals surface area contributed by atoms with Gasteiger partial charge in [0.1, 0.15) is 5.25 Å². The molecule has 0 aromatic carbocycles. The molecule has 0 aliphatic carbocycles. The summed E-state index contributed by atoms with van der Waals surface area (Å²) in [5.74, 6) is -0.342. The van der Waals surface area contributed by atoms with Gasteiger partial charge >= 0.3 is 0 Å². The second-order valence-electron chi connectivity index (χ2n) is 3.98. The Balaban J connectivity index is 4.39. The van der Waals surface area contributed by atoms with E-state index in [-0.39, 0.29) is 12.0 Å². The molecule has 3 unspecified atom stereocenters. The summed E-state index contributed by atoms with van der Waals surface area (Å²) in [4.78, 5) is 11.5. The number of nitrogens with one attached hydrogen (secondary N) is 1. The monoisotopic (exact) mass is 236 g/mol. The van der Waals surface area contributed by atoms with Crippen LogP contribution < -0.4 is 11.1 Å². The molecular weight excluding hydrogens is 216 g/mol. The summed E-state index contributed by atoms with van der Waals surface area (Å²) in [6.07, 6.45) is 1.05. The molecule has 0 saturated carbocycles. The van der Waals surface area contributed by atoms with Gasteiger partial charge in [-0.1, -0.05) is 6.92 Å². The first-order valence-corrected chi connectivity index (χ1v) is 6.85.